The van der Waals surface area contributed by atoms with E-state index in [0.29, 0.717) is 6.04 Å². The maximum absolute atomic E-state index is 5.77. The average molecular weight is 225 g/mol. The fourth-order valence-corrected chi connectivity index (χ4v) is 2.97. The summed E-state index contributed by atoms with van der Waals surface area (Å²) < 4.78 is 5.77. The van der Waals surface area contributed by atoms with Crippen LogP contribution in [0.1, 0.15) is 53.4 Å². The van der Waals surface area contributed by atoms with Crippen LogP contribution in [0.15, 0.2) is 0 Å². The minimum atomic E-state index is 0.0704. The van der Waals surface area contributed by atoms with Crippen LogP contribution < -0.4 is 5.32 Å². The second-order valence-corrected chi connectivity index (χ2v) is 6.57. The molecule has 0 bridgehead atoms. The largest absolute Gasteiger partial charge is 0.375 e. The fraction of sp³-hybridized carbons (Fsp3) is 1.00. The van der Waals surface area contributed by atoms with Gasteiger partial charge in [0.1, 0.15) is 0 Å². The van der Waals surface area contributed by atoms with E-state index in [1.165, 1.54) is 19.3 Å². The Labute approximate surface area is 100 Å². The first kappa shape index (κ1) is 12.4. The standard InChI is InChI=1S/C14H27NO/c1-10(2)13(11-5-6-11)15-12-7-8-16-14(3,4)9-12/h10-13,15H,5-9H2,1-4H3. The number of nitrogens with one attached hydrogen (secondary N) is 1. The lowest BCUT2D eigenvalue weighted by molar-refractivity contribution is -0.0651. The first-order valence-electron chi connectivity index (χ1n) is 6.88. The Kier molecular flexibility index (Phi) is 3.60. The Bertz CT molecular complexity index is 231. The molecule has 2 unspecified atom stereocenters. The minimum Gasteiger partial charge on any atom is -0.375 e. The van der Waals surface area contributed by atoms with Gasteiger partial charge in [0, 0.05) is 18.7 Å². The van der Waals surface area contributed by atoms with Gasteiger partial charge in [-0.25, -0.2) is 0 Å². The van der Waals surface area contributed by atoms with Gasteiger partial charge in [0.15, 0.2) is 0 Å². The van der Waals surface area contributed by atoms with Crippen molar-refractivity contribution in [1.82, 2.24) is 5.32 Å². The summed E-state index contributed by atoms with van der Waals surface area (Å²) in [5, 5.41) is 3.89. The van der Waals surface area contributed by atoms with E-state index in [0.717, 1.165) is 30.9 Å². The van der Waals surface area contributed by atoms with Crippen LogP contribution in [0.4, 0.5) is 0 Å². The molecule has 94 valence electrons. The van der Waals surface area contributed by atoms with Crippen molar-refractivity contribution in [2.24, 2.45) is 11.8 Å². The molecule has 1 N–H and O–H groups in total. The van der Waals surface area contributed by atoms with Crippen molar-refractivity contribution in [1.29, 1.82) is 0 Å². The Morgan fingerprint density at radius 2 is 1.88 bits per heavy atom. The highest BCUT2D eigenvalue weighted by Gasteiger charge is 2.36. The second kappa shape index (κ2) is 4.66. The zero-order valence-corrected chi connectivity index (χ0v) is 11.3. The topological polar surface area (TPSA) is 21.3 Å². The van der Waals surface area contributed by atoms with Crippen molar-refractivity contribution in [2.75, 3.05) is 6.61 Å². The van der Waals surface area contributed by atoms with Crippen LogP contribution in [-0.2, 0) is 4.74 Å². The monoisotopic (exact) mass is 225 g/mol. The van der Waals surface area contributed by atoms with Gasteiger partial charge in [0.05, 0.1) is 5.60 Å². The molecule has 16 heavy (non-hydrogen) atoms. The normalized spacial score (nSPS) is 31.7. The summed E-state index contributed by atoms with van der Waals surface area (Å²) in [4.78, 5) is 0. The first-order valence-corrected chi connectivity index (χ1v) is 6.88. The van der Waals surface area contributed by atoms with Gasteiger partial charge in [-0.2, -0.15) is 0 Å². The quantitative estimate of drug-likeness (QED) is 0.794. The van der Waals surface area contributed by atoms with Crippen LogP contribution in [0.2, 0.25) is 0 Å². The molecule has 0 radical (unpaired) electrons. The second-order valence-electron chi connectivity index (χ2n) is 6.57. The summed E-state index contributed by atoms with van der Waals surface area (Å²) in [5.41, 5.74) is 0.0704. The molecule has 2 rings (SSSR count). The highest BCUT2D eigenvalue weighted by Crippen LogP contribution is 2.36. The molecule has 0 aromatic heterocycles. The summed E-state index contributed by atoms with van der Waals surface area (Å²) in [5.74, 6) is 1.71. The molecule has 1 saturated carbocycles. The van der Waals surface area contributed by atoms with E-state index in [4.69, 9.17) is 4.74 Å². The molecule has 0 aromatic carbocycles. The van der Waals surface area contributed by atoms with E-state index in [1.54, 1.807) is 0 Å². The number of rotatable bonds is 4. The summed E-state index contributed by atoms with van der Waals surface area (Å²) in [6.45, 7) is 10.0. The molecule has 2 heteroatoms. The summed E-state index contributed by atoms with van der Waals surface area (Å²) in [7, 11) is 0. The van der Waals surface area contributed by atoms with Crippen molar-refractivity contribution in [3.8, 4) is 0 Å². The van der Waals surface area contributed by atoms with Gasteiger partial charge < -0.3 is 10.1 Å². The van der Waals surface area contributed by atoms with E-state index in [-0.39, 0.29) is 5.60 Å². The van der Waals surface area contributed by atoms with Gasteiger partial charge in [-0.15, -0.1) is 0 Å². The van der Waals surface area contributed by atoms with Gasteiger partial charge in [0.25, 0.3) is 0 Å². The van der Waals surface area contributed by atoms with Gasteiger partial charge in [0.2, 0.25) is 0 Å². The van der Waals surface area contributed by atoms with Crippen molar-refractivity contribution in [3.63, 3.8) is 0 Å². The number of hydrogen-bond acceptors (Lipinski definition) is 2. The van der Waals surface area contributed by atoms with E-state index in [9.17, 15) is 0 Å². The van der Waals surface area contributed by atoms with Crippen LogP contribution in [-0.4, -0.2) is 24.3 Å². The molecule has 0 amide bonds. The van der Waals surface area contributed by atoms with Crippen molar-refractivity contribution in [3.05, 3.63) is 0 Å². The molecule has 2 fully saturated rings. The molecular weight excluding hydrogens is 198 g/mol. The van der Waals surface area contributed by atoms with Crippen LogP contribution in [0.3, 0.4) is 0 Å². The third kappa shape index (κ3) is 3.21. The van der Waals surface area contributed by atoms with Crippen LogP contribution >= 0.6 is 0 Å². The molecule has 1 saturated heterocycles. The molecule has 0 spiro atoms. The fourth-order valence-electron chi connectivity index (χ4n) is 2.97. The van der Waals surface area contributed by atoms with Gasteiger partial charge >= 0.3 is 0 Å². The third-order valence-corrected chi connectivity index (χ3v) is 3.97. The average Bonchev–Trinajstić information content (AvgIpc) is 2.95. The molecular formula is C14H27NO. The van der Waals surface area contributed by atoms with Crippen LogP contribution in [0, 0.1) is 11.8 Å². The molecule has 2 aliphatic rings. The zero-order valence-electron chi connectivity index (χ0n) is 11.3. The summed E-state index contributed by atoms with van der Waals surface area (Å²) in [6, 6.07) is 1.40. The highest BCUT2D eigenvalue weighted by molar-refractivity contribution is 4.92. The highest BCUT2D eigenvalue weighted by atomic mass is 16.5. The molecule has 0 aromatic rings. The Morgan fingerprint density at radius 1 is 1.19 bits per heavy atom. The van der Waals surface area contributed by atoms with E-state index in [1.807, 2.05) is 0 Å². The summed E-state index contributed by atoms with van der Waals surface area (Å²) >= 11 is 0. The van der Waals surface area contributed by atoms with Crippen molar-refractivity contribution in [2.45, 2.75) is 71.1 Å². The molecule has 1 heterocycles. The molecule has 1 aliphatic carbocycles. The Morgan fingerprint density at radius 3 is 2.38 bits per heavy atom. The maximum Gasteiger partial charge on any atom is 0.0641 e. The number of hydrogen-bond donors (Lipinski definition) is 1. The lowest BCUT2D eigenvalue weighted by atomic mass is 9.91. The van der Waals surface area contributed by atoms with Gasteiger partial charge in [-0.05, 0) is 51.4 Å². The zero-order chi connectivity index (χ0) is 11.8. The molecule has 2 nitrogen and oxygen atoms in total. The summed E-state index contributed by atoms with van der Waals surface area (Å²) in [6.07, 6.45) is 5.20. The van der Waals surface area contributed by atoms with Gasteiger partial charge in [-0.3, -0.25) is 0 Å². The van der Waals surface area contributed by atoms with Crippen LogP contribution in [0.5, 0.6) is 0 Å². The third-order valence-electron chi connectivity index (χ3n) is 3.97. The lowest BCUT2D eigenvalue weighted by Gasteiger charge is -2.38. The smallest absolute Gasteiger partial charge is 0.0641 e. The van der Waals surface area contributed by atoms with E-state index in [2.05, 4.69) is 33.0 Å². The SMILES string of the molecule is CC(C)C(NC1CCOC(C)(C)C1)C1CC1. The first-order chi connectivity index (χ1) is 7.48. The molecule has 1 aliphatic heterocycles. The van der Waals surface area contributed by atoms with Crippen LogP contribution in [0.25, 0.3) is 0 Å². The number of ether oxygens (including phenoxy) is 1. The minimum absolute atomic E-state index is 0.0704. The van der Waals surface area contributed by atoms with Crippen molar-refractivity contribution >= 4 is 0 Å². The van der Waals surface area contributed by atoms with Gasteiger partial charge in [-0.1, -0.05) is 13.8 Å². The predicted octanol–water partition coefficient (Wildman–Crippen LogP) is 2.97. The maximum atomic E-state index is 5.77. The molecule has 2 atom stereocenters. The lowest BCUT2D eigenvalue weighted by Crippen LogP contribution is -2.49. The van der Waals surface area contributed by atoms with E-state index < -0.39 is 0 Å². The Balaban J connectivity index is 1.87. The predicted molar refractivity (Wildman–Crippen MR) is 67.5 cm³/mol. The Hall–Kier alpha value is -0.0800. The van der Waals surface area contributed by atoms with E-state index >= 15 is 0 Å². The van der Waals surface area contributed by atoms with Crippen molar-refractivity contribution < 1.29 is 4.74 Å².